The molecule has 0 aliphatic heterocycles. The van der Waals surface area contributed by atoms with Gasteiger partial charge < -0.3 is 9.47 Å². The second-order valence-corrected chi connectivity index (χ2v) is 4.86. The second-order valence-electron chi connectivity index (χ2n) is 3.94. The van der Waals surface area contributed by atoms with Crippen LogP contribution >= 0.6 is 15.9 Å². The first kappa shape index (κ1) is 16.2. The molecule has 1 rings (SSSR count). The molecular weight excluding hydrogens is 330 g/mol. The van der Waals surface area contributed by atoms with Gasteiger partial charge in [0, 0.05) is 10.5 Å². The molecule has 0 N–H and O–H groups in total. The van der Waals surface area contributed by atoms with Crippen LogP contribution in [0.2, 0.25) is 0 Å². The highest BCUT2D eigenvalue weighted by molar-refractivity contribution is 9.10. The van der Waals surface area contributed by atoms with E-state index in [1.165, 1.54) is 6.07 Å². The van der Waals surface area contributed by atoms with Crippen LogP contribution in [0, 0.1) is 17.0 Å². The summed E-state index contributed by atoms with van der Waals surface area (Å²) in [5.41, 5.74) is 0.514. The molecule has 0 aliphatic carbocycles. The van der Waals surface area contributed by atoms with E-state index in [1.807, 2.05) is 0 Å². The van der Waals surface area contributed by atoms with Crippen LogP contribution in [0.4, 0.5) is 5.69 Å². The van der Waals surface area contributed by atoms with Crippen molar-refractivity contribution < 1.29 is 19.2 Å². The Balaban J connectivity index is 2.90. The fourth-order valence-electron chi connectivity index (χ4n) is 1.49. The fraction of sp³-hybridized carbons (Fsp3) is 0.308. The SMILES string of the molecule is C=C(COc1c(C)cc(Br)cc1[N+](=O)[O-])C(=O)OCC. The van der Waals surface area contributed by atoms with Crippen LogP contribution in [0.25, 0.3) is 0 Å². The standard InChI is InChI=1S/C13H14BrNO5/c1-4-19-13(16)9(3)7-20-12-8(2)5-10(14)6-11(12)15(17)18/h5-6H,3-4,7H2,1-2H3. The Morgan fingerprint density at radius 3 is 2.70 bits per heavy atom. The number of aryl methyl sites for hydroxylation is 1. The first-order valence-electron chi connectivity index (χ1n) is 5.79. The van der Waals surface area contributed by atoms with Crippen LogP contribution in [-0.2, 0) is 9.53 Å². The Hall–Kier alpha value is -1.89. The number of nitrogens with zero attached hydrogens (tertiary/aromatic N) is 1. The highest BCUT2D eigenvalue weighted by Crippen LogP contribution is 2.34. The quantitative estimate of drug-likeness (QED) is 0.343. The van der Waals surface area contributed by atoms with Gasteiger partial charge in [-0.3, -0.25) is 10.1 Å². The van der Waals surface area contributed by atoms with Crippen LogP contribution in [0.1, 0.15) is 12.5 Å². The lowest BCUT2D eigenvalue weighted by Gasteiger charge is -2.11. The fourth-order valence-corrected chi connectivity index (χ4v) is 2.05. The molecule has 0 aliphatic rings. The maximum atomic E-state index is 11.4. The molecular formula is C13H14BrNO5. The first-order chi connectivity index (χ1) is 9.36. The summed E-state index contributed by atoms with van der Waals surface area (Å²) in [6.07, 6.45) is 0. The zero-order chi connectivity index (χ0) is 15.3. The summed E-state index contributed by atoms with van der Waals surface area (Å²) in [6, 6.07) is 3.03. The van der Waals surface area contributed by atoms with Crippen LogP contribution in [-0.4, -0.2) is 24.1 Å². The number of ether oxygens (including phenoxy) is 2. The van der Waals surface area contributed by atoms with E-state index in [9.17, 15) is 14.9 Å². The Labute approximate surface area is 124 Å². The van der Waals surface area contributed by atoms with Crippen molar-refractivity contribution in [2.24, 2.45) is 0 Å². The Kier molecular flexibility index (Phi) is 5.69. The Bertz CT molecular complexity index is 556. The number of hydrogen-bond donors (Lipinski definition) is 0. The van der Waals surface area contributed by atoms with Gasteiger partial charge in [0.1, 0.15) is 6.61 Å². The highest BCUT2D eigenvalue weighted by atomic mass is 79.9. The summed E-state index contributed by atoms with van der Waals surface area (Å²) in [5.74, 6) is -0.464. The molecule has 20 heavy (non-hydrogen) atoms. The molecule has 0 unspecified atom stereocenters. The normalized spacial score (nSPS) is 9.95. The number of nitro benzene ring substituents is 1. The lowest BCUT2D eigenvalue weighted by atomic mass is 10.2. The third-order valence-electron chi connectivity index (χ3n) is 2.37. The molecule has 0 aromatic heterocycles. The molecule has 7 heteroatoms. The number of nitro groups is 1. The van der Waals surface area contributed by atoms with Crippen molar-refractivity contribution in [1.82, 2.24) is 0 Å². The van der Waals surface area contributed by atoms with Crippen molar-refractivity contribution in [3.05, 3.63) is 44.4 Å². The molecule has 0 spiro atoms. The van der Waals surface area contributed by atoms with E-state index in [-0.39, 0.29) is 30.2 Å². The molecule has 108 valence electrons. The third-order valence-corrected chi connectivity index (χ3v) is 2.83. The van der Waals surface area contributed by atoms with E-state index in [4.69, 9.17) is 9.47 Å². The van der Waals surface area contributed by atoms with Crippen molar-refractivity contribution in [1.29, 1.82) is 0 Å². The molecule has 1 aromatic rings. The molecule has 1 aromatic carbocycles. The van der Waals surface area contributed by atoms with E-state index in [1.54, 1.807) is 19.9 Å². The van der Waals surface area contributed by atoms with E-state index < -0.39 is 10.9 Å². The predicted molar refractivity (Wildman–Crippen MR) is 76.8 cm³/mol. The van der Waals surface area contributed by atoms with Gasteiger partial charge in [-0.2, -0.15) is 0 Å². The molecule has 0 saturated heterocycles. The molecule has 0 radical (unpaired) electrons. The molecule has 0 fully saturated rings. The number of rotatable bonds is 6. The summed E-state index contributed by atoms with van der Waals surface area (Å²) < 4.78 is 10.7. The average molecular weight is 344 g/mol. The maximum Gasteiger partial charge on any atom is 0.336 e. The number of hydrogen-bond acceptors (Lipinski definition) is 5. The molecule has 0 amide bonds. The lowest BCUT2D eigenvalue weighted by Crippen LogP contribution is -2.14. The Morgan fingerprint density at radius 1 is 1.50 bits per heavy atom. The van der Waals surface area contributed by atoms with Crippen LogP contribution in [0.15, 0.2) is 28.8 Å². The van der Waals surface area contributed by atoms with Crippen molar-refractivity contribution in [3.63, 3.8) is 0 Å². The largest absolute Gasteiger partial charge is 0.481 e. The van der Waals surface area contributed by atoms with Gasteiger partial charge in [0.25, 0.3) is 0 Å². The van der Waals surface area contributed by atoms with E-state index in [2.05, 4.69) is 22.5 Å². The minimum absolute atomic E-state index is 0.100. The van der Waals surface area contributed by atoms with Gasteiger partial charge in [-0.05, 0) is 25.5 Å². The Morgan fingerprint density at radius 2 is 2.15 bits per heavy atom. The van der Waals surface area contributed by atoms with Gasteiger partial charge in [-0.25, -0.2) is 4.79 Å². The smallest absolute Gasteiger partial charge is 0.336 e. The van der Waals surface area contributed by atoms with Gasteiger partial charge >= 0.3 is 11.7 Å². The molecule has 0 atom stereocenters. The highest BCUT2D eigenvalue weighted by Gasteiger charge is 2.20. The summed E-state index contributed by atoms with van der Waals surface area (Å²) in [4.78, 5) is 21.8. The minimum Gasteiger partial charge on any atom is -0.481 e. The van der Waals surface area contributed by atoms with Crippen LogP contribution in [0.3, 0.4) is 0 Å². The van der Waals surface area contributed by atoms with Crippen molar-refractivity contribution in [2.75, 3.05) is 13.2 Å². The number of esters is 1. The first-order valence-corrected chi connectivity index (χ1v) is 6.58. The predicted octanol–water partition coefficient (Wildman–Crippen LogP) is 3.16. The van der Waals surface area contributed by atoms with Gasteiger partial charge in [0.2, 0.25) is 0 Å². The zero-order valence-corrected chi connectivity index (χ0v) is 12.7. The number of benzene rings is 1. The number of halogens is 1. The number of carbonyl (C=O) groups excluding carboxylic acids is 1. The number of carbonyl (C=O) groups is 1. The molecule has 0 bridgehead atoms. The molecule has 0 saturated carbocycles. The molecule has 6 nitrogen and oxygen atoms in total. The van der Waals surface area contributed by atoms with Gasteiger partial charge in [-0.1, -0.05) is 22.5 Å². The average Bonchev–Trinajstić information content (AvgIpc) is 2.36. The lowest BCUT2D eigenvalue weighted by molar-refractivity contribution is -0.385. The van der Waals surface area contributed by atoms with Crippen LogP contribution < -0.4 is 4.74 Å². The monoisotopic (exact) mass is 343 g/mol. The van der Waals surface area contributed by atoms with Crippen LogP contribution in [0.5, 0.6) is 5.75 Å². The third kappa shape index (κ3) is 4.06. The van der Waals surface area contributed by atoms with Crippen molar-refractivity contribution in [3.8, 4) is 5.75 Å². The summed E-state index contributed by atoms with van der Waals surface area (Å²) in [5, 5.41) is 11.0. The van der Waals surface area contributed by atoms with Gasteiger partial charge in [0.05, 0.1) is 17.1 Å². The summed E-state index contributed by atoms with van der Waals surface area (Å²) in [6.45, 7) is 6.96. The van der Waals surface area contributed by atoms with Crippen molar-refractivity contribution in [2.45, 2.75) is 13.8 Å². The summed E-state index contributed by atoms with van der Waals surface area (Å²) >= 11 is 3.19. The topological polar surface area (TPSA) is 78.7 Å². The van der Waals surface area contributed by atoms with Gasteiger partial charge in [0.15, 0.2) is 5.75 Å². The van der Waals surface area contributed by atoms with E-state index >= 15 is 0 Å². The second kappa shape index (κ2) is 7.04. The minimum atomic E-state index is -0.579. The summed E-state index contributed by atoms with van der Waals surface area (Å²) in [7, 11) is 0. The maximum absolute atomic E-state index is 11.4. The van der Waals surface area contributed by atoms with E-state index in [0.29, 0.717) is 10.0 Å². The zero-order valence-electron chi connectivity index (χ0n) is 11.1. The molecule has 0 heterocycles. The van der Waals surface area contributed by atoms with Gasteiger partial charge in [-0.15, -0.1) is 0 Å². The van der Waals surface area contributed by atoms with Crippen molar-refractivity contribution >= 4 is 27.6 Å². The van der Waals surface area contributed by atoms with E-state index in [0.717, 1.165) is 0 Å².